The van der Waals surface area contributed by atoms with E-state index >= 15 is 0 Å². The molecule has 0 saturated carbocycles. The van der Waals surface area contributed by atoms with Crippen molar-refractivity contribution in [2.45, 2.75) is 58.5 Å². The third-order valence-electron chi connectivity index (χ3n) is 3.19. The Kier molecular flexibility index (Phi) is 8.38. The second-order valence-corrected chi connectivity index (χ2v) is 4.92. The smallest absolute Gasteiger partial charge is 0.319 e. The molecular formula is C14H25F2N5. The van der Waals surface area contributed by atoms with E-state index in [4.69, 9.17) is 5.73 Å². The molecule has 0 aliphatic carbocycles. The van der Waals surface area contributed by atoms with Gasteiger partial charge in [0, 0.05) is 18.9 Å². The van der Waals surface area contributed by atoms with Gasteiger partial charge in [-0.25, -0.2) is 9.98 Å². The molecule has 21 heavy (non-hydrogen) atoms. The highest BCUT2D eigenvalue weighted by atomic mass is 19.3. The highest BCUT2D eigenvalue weighted by molar-refractivity contribution is 5.77. The summed E-state index contributed by atoms with van der Waals surface area (Å²) in [7, 11) is 0. The molecule has 5 nitrogen and oxygen atoms in total. The lowest BCUT2D eigenvalue weighted by atomic mass is 10.1. The Morgan fingerprint density at radius 3 is 2.76 bits per heavy atom. The number of aliphatic imine (C=N–C) groups is 1. The summed E-state index contributed by atoms with van der Waals surface area (Å²) in [4.78, 5) is 7.86. The molecule has 0 aliphatic rings. The molecule has 120 valence electrons. The minimum absolute atomic E-state index is 0.0483. The van der Waals surface area contributed by atoms with Gasteiger partial charge < -0.3 is 11.1 Å². The summed E-state index contributed by atoms with van der Waals surface area (Å²) in [5.41, 5.74) is 5.69. The van der Waals surface area contributed by atoms with E-state index in [1.54, 1.807) is 0 Å². The molecule has 0 bridgehead atoms. The van der Waals surface area contributed by atoms with E-state index in [2.05, 4.69) is 22.2 Å². The van der Waals surface area contributed by atoms with Gasteiger partial charge in [-0.2, -0.15) is 8.78 Å². The minimum Gasteiger partial charge on any atom is -0.370 e. The van der Waals surface area contributed by atoms with Gasteiger partial charge in [0.1, 0.15) is 12.4 Å². The first-order valence-corrected chi connectivity index (χ1v) is 7.48. The fraction of sp³-hybridized carbons (Fsp3) is 0.714. The third-order valence-corrected chi connectivity index (χ3v) is 3.19. The molecular weight excluding hydrogens is 276 g/mol. The van der Waals surface area contributed by atoms with Crippen LogP contribution in [0.4, 0.5) is 8.78 Å². The number of halogens is 2. The molecule has 0 fully saturated rings. The predicted molar refractivity (Wildman–Crippen MR) is 80.2 cm³/mol. The summed E-state index contributed by atoms with van der Waals surface area (Å²) in [5, 5.41) is 2.99. The lowest BCUT2D eigenvalue weighted by Crippen LogP contribution is -2.32. The van der Waals surface area contributed by atoms with Crippen LogP contribution in [0, 0.1) is 0 Å². The fourth-order valence-electron chi connectivity index (χ4n) is 1.98. The summed E-state index contributed by atoms with van der Waals surface area (Å²) in [5.74, 6) is 0.474. The van der Waals surface area contributed by atoms with Crippen LogP contribution >= 0.6 is 0 Å². The van der Waals surface area contributed by atoms with Crippen LogP contribution in [0.1, 0.15) is 57.8 Å². The molecule has 0 aliphatic heterocycles. The highest BCUT2D eigenvalue weighted by Gasteiger charge is 2.10. The average Bonchev–Trinajstić information content (AvgIpc) is 2.93. The number of unbranched alkanes of at least 4 members (excludes halogenated alkanes) is 5. The number of nitrogens with two attached hydrogens (primary N) is 1. The average molecular weight is 301 g/mol. The van der Waals surface area contributed by atoms with Gasteiger partial charge in [0.15, 0.2) is 5.96 Å². The summed E-state index contributed by atoms with van der Waals surface area (Å²) in [6, 6.07) is 0. The topological polar surface area (TPSA) is 68.2 Å². The molecule has 0 saturated heterocycles. The van der Waals surface area contributed by atoms with Crippen LogP contribution in [0.25, 0.3) is 0 Å². The number of guanidine groups is 1. The van der Waals surface area contributed by atoms with E-state index < -0.39 is 6.55 Å². The van der Waals surface area contributed by atoms with Crippen molar-refractivity contribution in [2.75, 3.05) is 6.54 Å². The van der Waals surface area contributed by atoms with E-state index in [1.165, 1.54) is 38.1 Å². The summed E-state index contributed by atoms with van der Waals surface area (Å²) in [6.45, 7) is 0.394. The molecule has 1 aromatic heterocycles. The van der Waals surface area contributed by atoms with E-state index in [0.29, 0.717) is 0 Å². The monoisotopic (exact) mass is 301 g/mol. The SMILES string of the molecule is CCCCCCCCNC(N)=NCc1nccn1C(F)F. The number of alkyl halides is 2. The summed E-state index contributed by atoms with van der Waals surface area (Å²) < 4.78 is 26.0. The Morgan fingerprint density at radius 1 is 1.33 bits per heavy atom. The van der Waals surface area contributed by atoms with E-state index in [0.717, 1.165) is 24.0 Å². The Labute approximate surface area is 124 Å². The number of nitrogens with zero attached hydrogens (tertiary/aromatic N) is 3. The van der Waals surface area contributed by atoms with E-state index in [-0.39, 0.29) is 18.3 Å². The Bertz CT molecular complexity index is 417. The van der Waals surface area contributed by atoms with Crippen LogP contribution in [0.15, 0.2) is 17.4 Å². The second kappa shape index (κ2) is 10.1. The van der Waals surface area contributed by atoms with Gasteiger partial charge in [-0.1, -0.05) is 39.0 Å². The molecule has 1 heterocycles. The van der Waals surface area contributed by atoms with E-state index in [9.17, 15) is 8.78 Å². The first-order chi connectivity index (χ1) is 10.1. The molecule has 7 heteroatoms. The van der Waals surface area contributed by atoms with Crippen LogP contribution < -0.4 is 11.1 Å². The molecule has 0 atom stereocenters. The van der Waals surface area contributed by atoms with Gasteiger partial charge >= 0.3 is 6.55 Å². The molecule has 0 spiro atoms. The maximum Gasteiger partial charge on any atom is 0.319 e. The Morgan fingerprint density at radius 2 is 2.05 bits per heavy atom. The van der Waals surface area contributed by atoms with Crippen molar-refractivity contribution in [3.8, 4) is 0 Å². The molecule has 3 N–H and O–H groups in total. The van der Waals surface area contributed by atoms with E-state index in [1.807, 2.05) is 0 Å². The molecule has 0 unspecified atom stereocenters. The highest BCUT2D eigenvalue weighted by Crippen LogP contribution is 2.12. The number of rotatable bonds is 10. The van der Waals surface area contributed by atoms with Gasteiger partial charge in [0.05, 0.1) is 0 Å². The molecule has 1 rings (SSSR count). The predicted octanol–water partition coefficient (Wildman–Crippen LogP) is 3.04. The maximum atomic E-state index is 12.6. The normalized spacial score (nSPS) is 12.1. The maximum absolute atomic E-state index is 12.6. The standard InChI is InChI=1S/C14H25F2N5/c1-2-3-4-5-6-7-8-19-14(17)20-11-12-18-9-10-21(12)13(15)16/h9-10,13H,2-8,11H2,1H3,(H3,17,19,20). The Balaban J connectivity index is 2.19. The van der Waals surface area contributed by atoms with Crippen LogP contribution in [0.5, 0.6) is 0 Å². The third kappa shape index (κ3) is 7.06. The quantitative estimate of drug-likeness (QED) is 0.396. The molecule has 0 radical (unpaired) electrons. The lowest BCUT2D eigenvalue weighted by Gasteiger charge is -2.07. The Hall–Kier alpha value is -1.66. The zero-order chi connectivity index (χ0) is 15.5. The minimum atomic E-state index is -2.60. The fourth-order valence-corrected chi connectivity index (χ4v) is 1.98. The second-order valence-electron chi connectivity index (χ2n) is 4.92. The van der Waals surface area contributed by atoms with Gasteiger partial charge in [0.25, 0.3) is 0 Å². The number of hydrogen-bond donors (Lipinski definition) is 2. The van der Waals surface area contributed by atoms with Crippen LogP contribution in [-0.2, 0) is 6.54 Å². The van der Waals surface area contributed by atoms with Gasteiger partial charge in [-0.3, -0.25) is 4.57 Å². The number of aromatic nitrogens is 2. The number of hydrogen-bond acceptors (Lipinski definition) is 2. The largest absolute Gasteiger partial charge is 0.370 e. The zero-order valence-electron chi connectivity index (χ0n) is 12.6. The van der Waals surface area contributed by atoms with Gasteiger partial charge in [0.2, 0.25) is 0 Å². The van der Waals surface area contributed by atoms with Crippen molar-refractivity contribution in [2.24, 2.45) is 10.7 Å². The van der Waals surface area contributed by atoms with Crippen molar-refractivity contribution in [3.05, 3.63) is 18.2 Å². The first-order valence-electron chi connectivity index (χ1n) is 7.48. The number of imidazole rings is 1. The molecule has 0 amide bonds. The van der Waals surface area contributed by atoms with Crippen molar-refractivity contribution in [1.82, 2.24) is 14.9 Å². The van der Waals surface area contributed by atoms with Crippen LogP contribution in [0.3, 0.4) is 0 Å². The van der Waals surface area contributed by atoms with Gasteiger partial charge in [-0.05, 0) is 6.42 Å². The van der Waals surface area contributed by atoms with Crippen LogP contribution in [-0.4, -0.2) is 22.1 Å². The van der Waals surface area contributed by atoms with Gasteiger partial charge in [-0.15, -0.1) is 0 Å². The first kappa shape index (κ1) is 17.4. The zero-order valence-corrected chi connectivity index (χ0v) is 12.6. The molecule has 0 aromatic carbocycles. The number of nitrogens with one attached hydrogen (secondary N) is 1. The van der Waals surface area contributed by atoms with Crippen LogP contribution in [0.2, 0.25) is 0 Å². The lowest BCUT2D eigenvalue weighted by molar-refractivity contribution is 0.0671. The molecule has 1 aromatic rings. The van der Waals surface area contributed by atoms with Crippen molar-refractivity contribution in [3.63, 3.8) is 0 Å². The summed E-state index contributed by atoms with van der Waals surface area (Å²) in [6.07, 6.45) is 9.79. The van der Waals surface area contributed by atoms with Crippen molar-refractivity contribution >= 4 is 5.96 Å². The van der Waals surface area contributed by atoms with Crippen molar-refractivity contribution in [1.29, 1.82) is 0 Å². The van der Waals surface area contributed by atoms with Crippen molar-refractivity contribution < 1.29 is 8.78 Å². The summed E-state index contributed by atoms with van der Waals surface area (Å²) >= 11 is 0.